The van der Waals surface area contributed by atoms with Crippen molar-refractivity contribution in [2.75, 3.05) is 37.7 Å². The van der Waals surface area contributed by atoms with Crippen LogP contribution in [-0.2, 0) is 24.3 Å². The summed E-state index contributed by atoms with van der Waals surface area (Å²) in [4.78, 5) is 34.9. The number of benzene rings is 2. The van der Waals surface area contributed by atoms with Gasteiger partial charge in [0.1, 0.15) is 18.0 Å². The number of morpholine rings is 1. The van der Waals surface area contributed by atoms with Crippen molar-refractivity contribution in [3.8, 4) is 5.75 Å². The highest BCUT2D eigenvalue weighted by Gasteiger charge is 2.47. The largest absolute Gasteiger partial charge is 0.370 e. The number of sulfonamides is 1. The van der Waals surface area contributed by atoms with Gasteiger partial charge in [0.15, 0.2) is 5.75 Å². The Bertz CT molecular complexity index is 1430. The van der Waals surface area contributed by atoms with E-state index >= 15 is 0 Å². The molecule has 2 aromatic rings. The van der Waals surface area contributed by atoms with Gasteiger partial charge in [-0.15, -0.1) is 0 Å². The van der Waals surface area contributed by atoms with Gasteiger partial charge in [0, 0.05) is 40.8 Å². The molecule has 0 radical (unpaired) electrons. The molecule has 2 fully saturated rings. The van der Waals surface area contributed by atoms with Crippen LogP contribution >= 0.6 is 0 Å². The first-order valence-electron chi connectivity index (χ1n) is 12.2. The van der Waals surface area contributed by atoms with E-state index in [4.69, 9.17) is 4.74 Å². The molecule has 2 aromatic carbocycles. The first-order valence-corrected chi connectivity index (χ1v) is 13.7. The summed E-state index contributed by atoms with van der Waals surface area (Å²) in [6, 6.07) is 11.6. The number of piperidine rings is 1. The molecule has 1 spiro atoms. The molecule has 0 atom stereocenters. The lowest BCUT2D eigenvalue weighted by Gasteiger charge is -2.34. The van der Waals surface area contributed by atoms with Crippen LogP contribution in [0.3, 0.4) is 0 Å². The zero-order valence-corrected chi connectivity index (χ0v) is 21.5. The molecule has 10 nitrogen and oxygen atoms in total. The zero-order chi connectivity index (χ0) is 26.9. The summed E-state index contributed by atoms with van der Waals surface area (Å²) >= 11 is 0. The normalized spacial score (nSPS) is 20.2. The van der Waals surface area contributed by atoms with Crippen LogP contribution in [-0.4, -0.2) is 68.8 Å². The molecule has 5 rings (SSSR count). The smallest absolute Gasteiger partial charge is 0.253 e. The quantitative estimate of drug-likeness (QED) is 0.599. The van der Waals surface area contributed by atoms with Gasteiger partial charge in [-0.25, -0.2) is 8.42 Å². The van der Waals surface area contributed by atoms with Crippen molar-refractivity contribution in [3.05, 3.63) is 64.6 Å². The standard InChI is InChI=1S/C26H27FN4O6S/c1-18-15-21(31-12-13-36-17-23(31)32)6-5-19(18)7-14-38(34,35)30-10-8-26(9-11-30)25(33)28-24(29-26)20-3-2-4-22(16-20)37-27/h2-7,14-16H,8-13,17H2,1H3,(H,28,29,33)/b14-7+. The predicted molar refractivity (Wildman–Crippen MR) is 139 cm³/mol. The third-order valence-electron chi connectivity index (χ3n) is 7.06. The molecule has 3 heterocycles. The number of ether oxygens (including phenoxy) is 1. The molecule has 38 heavy (non-hydrogen) atoms. The Balaban J connectivity index is 1.26. The van der Waals surface area contributed by atoms with Gasteiger partial charge < -0.3 is 15.0 Å². The maximum atomic E-state index is 13.1. The fourth-order valence-electron chi connectivity index (χ4n) is 4.85. The van der Waals surface area contributed by atoms with Crippen LogP contribution in [0.2, 0.25) is 0 Å². The number of carbonyl (C=O) groups is 2. The number of nitrogens with one attached hydrogen (secondary N) is 1. The van der Waals surface area contributed by atoms with Crippen LogP contribution in [0.5, 0.6) is 5.75 Å². The Hall–Kier alpha value is -3.61. The van der Waals surface area contributed by atoms with Gasteiger partial charge in [0.05, 0.1) is 6.61 Å². The van der Waals surface area contributed by atoms with Gasteiger partial charge in [-0.1, -0.05) is 18.2 Å². The highest BCUT2D eigenvalue weighted by Crippen LogP contribution is 2.33. The molecule has 0 aromatic heterocycles. The van der Waals surface area contributed by atoms with E-state index < -0.39 is 15.6 Å². The van der Waals surface area contributed by atoms with E-state index in [1.54, 1.807) is 35.2 Å². The number of anilines is 1. The van der Waals surface area contributed by atoms with Crippen LogP contribution in [0.25, 0.3) is 6.08 Å². The molecule has 3 aliphatic heterocycles. The molecule has 0 bridgehead atoms. The van der Waals surface area contributed by atoms with Gasteiger partial charge in [-0.2, -0.15) is 4.31 Å². The summed E-state index contributed by atoms with van der Waals surface area (Å²) in [5.74, 6) is -0.115. The number of halogens is 1. The Kier molecular flexibility index (Phi) is 7.03. The number of rotatable bonds is 6. The van der Waals surface area contributed by atoms with Crippen LogP contribution in [0.1, 0.15) is 29.5 Å². The molecular formula is C26H27FN4O6S. The lowest BCUT2D eigenvalue weighted by Crippen LogP contribution is -2.50. The summed E-state index contributed by atoms with van der Waals surface area (Å²) in [5, 5.41) is 3.90. The molecule has 2 amide bonds. The zero-order valence-electron chi connectivity index (χ0n) is 20.7. The van der Waals surface area contributed by atoms with E-state index in [0.717, 1.165) is 16.8 Å². The van der Waals surface area contributed by atoms with Crippen molar-refractivity contribution in [2.45, 2.75) is 25.3 Å². The maximum Gasteiger partial charge on any atom is 0.253 e. The summed E-state index contributed by atoms with van der Waals surface area (Å²) < 4.78 is 45.2. The minimum Gasteiger partial charge on any atom is -0.370 e. The Labute approximate surface area is 219 Å². The maximum absolute atomic E-state index is 13.1. The lowest BCUT2D eigenvalue weighted by atomic mass is 9.89. The SMILES string of the molecule is Cc1cc(N2CCOCC2=O)ccc1/C=C/S(=O)(=O)N1CCC2(CC1)N=C(c1cccc(OF)c1)NC2=O. The van der Waals surface area contributed by atoms with Crippen molar-refractivity contribution in [1.82, 2.24) is 9.62 Å². The summed E-state index contributed by atoms with van der Waals surface area (Å²) in [7, 11) is -3.74. The monoisotopic (exact) mass is 542 g/mol. The van der Waals surface area contributed by atoms with Gasteiger partial charge >= 0.3 is 0 Å². The lowest BCUT2D eigenvalue weighted by molar-refractivity contribution is -0.126. The van der Waals surface area contributed by atoms with E-state index in [1.165, 1.54) is 21.8 Å². The van der Waals surface area contributed by atoms with Gasteiger partial charge in [-0.3, -0.25) is 19.5 Å². The number of aryl methyl sites for hydroxylation is 1. The van der Waals surface area contributed by atoms with Gasteiger partial charge in [0.25, 0.3) is 11.8 Å². The number of hydrogen-bond donors (Lipinski definition) is 1. The van der Waals surface area contributed by atoms with E-state index in [0.29, 0.717) is 24.6 Å². The van der Waals surface area contributed by atoms with E-state index in [9.17, 15) is 22.5 Å². The molecule has 0 aliphatic carbocycles. The highest BCUT2D eigenvalue weighted by atomic mass is 32.2. The molecule has 0 unspecified atom stereocenters. The number of carbonyl (C=O) groups excluding carboxylic acids is 2. The van der Waals surface area contributed by atoms with E-state index in [1.807, 2.05) is 13.0 Å². The first-order chi connectivity index (χ1) is 18.2. The average molecular weight is 543 g/mol. The Morgan fingerprint density at radius 3 is 2.63 bits per heavy atom. The Morgan fingerprint density at radius 1 is 1.13 bits per heavy atom. The second-order valence-corrected chi connectivity index (χ2v) is 11.3. The summed E-state index contributed by atoms with van der Waals surface area (Å²) in [5.41, 5.74) is 1.73. The van der Waals surface area contributed by atoms with Crippen LogP contribution < -0.4 is 15.2 Å². The van der Waals surface area contributed by atoms with Crippen LogP contribution in [0.4, 0.5) is 10.2 Å². The average Bonchev–Trinajstić information content (AvgIpc) is 3.23. The number of amides is 2. The topological polar surface area (TPSA) is 118 Å². The van der Waals surface area contributed by atoms with Crippen molar-refractivity contribution >= 4 is 39.4 Å². The molecule has 3 aliphatic rings. The predicted octanol–water partition coefficient (Wildman–Crippen LogP) is 2.33. The Morgan fingerprint density at radius 2 is 1.92 bits per heavy atom. The first kappa shape index (κ1) is 26.0. The fraction of sp³-hybridized carbons (Fsp3) is 0.346. The van der Waals surface area contributed by atoms with Crippen molar-refractivity contribution in [1.29, 1.82) is 0 Å². The van der Waals surface area contributed by atoms with Crippen molar-refractivity contribution < 1.29 is 32.2 Å². The molecule has 0 saturated carbocycles. The number of nitrogens with zero attached hydrogens (tertiary/aromatic N) is 3. The number of amidine groups is 1. The van der Waals surface area contributed by atoms with Crippen LogP contribution in [0, 0.1) is 6.92 Å². The number of hydrogen-bond acceptors (Lipinski definition) is 7. The van der Waals surface area contributed by atoms with Gasteiger partial charge in [-0.05, 0) is 61.2 Å². The third kappa shape index (κ3) is 5.06. The highest BCUT2D eigenvalue weighted by molar-refractivity contribution is 7.92. The summed E-state index contributed by atoms with van der Waals surface area (Å²) in [6.07, 6.45) is 1.98. The second-order valence-electron chi connectivity index (χ2n) is 9.44. The molecule has 200 valence electrons. The van der Waals surface area contributed by atoms with Crippen molar-refractivity contribution in [3.63, 3.8) is 0 Å². The fourth-order valence-corrected chi connectivity index (χ4v) is 6.03. The van der Waals surface area contributed by atoms with Crippen LogP contribution in [0.15, 0.2) is 52.9 Å². The van der Waals surface area contributed by atoms with Crippen molar-refractivity contribution in [2.24, 2.45) is 4.99 Å². The van der Waals surface area contributed by atoms with E-state index in [-0.39, 0.29) is 50.1 Å². The molecule has 2 saturated heterocycles. The van der Waals surface area contributed by atoms with E-state index in [2.05, 4.69) is 15.3 Å². The summed E-state index contributed by atoms with van der Waals surface area (Å²) in [6.45, 7) is 3.10. The number of aliphatic imine (C=N–C) groups is 1. The molecule has 1 N–H and O–H groups in total. The third-order valence-corrected chi connectivity index (χ3v) is 8.62. The molecule has 12 heteroatoms. The minimum atomic E-state index is -3.74. The second kappa shape index (κ2) is 10.3. The molecular weight excluding hydrogens is 515 g/mol. The minimum absolute atomic E-state index is 0.00689. The van der Waals surface area contributed by atoms with Gasteiger partial charge in [0.2, 0.25) is 10.0 Å².